The zero-order valence-electron chi connectivity index (χ0n) is 12.4. The minimum Gasteiger partial charge on any atom is -0.357 e. The standard InChI is InChI=1S/C16H18N4S/c1-11-5-4-6-13(9-11)10-17-16-18-12(2)15(21-16)14-7-8-20(3)19-14/h4-9H,10H2,1-3H3,(H,17,18). The van der Waals surface area contributed by atoms with Crippen LogP contribution in [0.3, 0.4) is 0 Å². The number of hydrogen-bond donors (Lipinski definition) is 1. The topological polar surface area (TPSA) is 42.7 Å². The number of aromatic nitrogens is 3. The molecule has 3 rings (SSSR count). The molecular weight excluding hydrogens is 280 g/mol. The summed E-state index contributed by atoms with van der Waals surface area (Å²) in [6.45, 7) is 4.92. The van der Waals surface area contributed by atoms with Crippen LogP contribution < -0.4 is 5.32 Å². The minimum absolute atomic E-state index is 0.788. The molecule has 0 saturated carbocycles. The zero-order chi connectivity index (χ0) is 14.8. The van der Waals surface area contributed by atoms with Crippen molar-refractivity contribution >= 4 is 16.5 Å². The number of hydrogen-bond acceptors (Lipinski definition) is 4. The van der Waals surface area contributed by atoms with Crippen LogP contribution in [-0.4, -0.2) is 14.8 Å². The van der Waals surface area contributed by atoms with E-state index in [-0.39, 0.29) is 0 Å². The van der Waals surface area contributed by atoms with Gasteiger partial charge in [-0.3, -0.25) is 4.68 Å². The van der Waals surface area contributed by atoms with Crippen molar-refractivity contribution in [3.05, 3.63) is 53.3 Å². The van der Waals surface area contributed by atoms with E-state index in [1.54, 1.807) is 11.3 Å². The molecule has 0 aliphatic rings. The van der Waals surface area contributed by atoms with Crippen LogP contribution in [0, 0.1) is 13.8 Å². The molecule has 2 aromatic heterocycles. The predicted molar refractivity (Wildman–Crippen MR) is 87.6 cm³/mol. The van der Waals surface area contributed by atoms with Crippen molar-refractivity contribution in [3.63, 3.8) is 0 Å². The van der Waals surface area contributed by atoms with E-state index in [0.717, 1.165) is 27.9 Å². The Morgan fingerprint density at radius 3 is 2.81 bits per heavy atom. The number of rotatable bonds is 4. The van der Waals surface area contributed by atoms with Crippen LogP contribution in [0.4, 0.5) is 5.13 Å². The van der Waals surface area contributed by atoms with Gasteiger partial charge >= 0.3 is 0 Å². The van der Waals surface area contributed by atoms with Crippen molar-refractivity contribution in [1.29, 1.82) is 0 Å². The van der Waals surface area contributed by atoms with Gasteiger partial charge in [0, 0.05) is 19.8 Å². The number of nitrogens with zero attached hydrogens (tertiary/aromatic N) is 3. The van der Waals surface area contributed by atoms with Crippen molar-refractivity contribution in [2.45, 2.75) is 20.4 Å². The van der Waals surface area contributed by atoms with Gasteiger partial charge in [0.1, 0.15) is 5.69 Å². The van der Waals surface area contributed by atoms with Gasteiger partial charge in [0.15, 0.2) is 5.13 Å². The Balaban J connectivity index is 1.75. The highest BCUT2D eigenvalue weighted by Gasteiger charge is 2.11. The van der Waals surface area contributed by atoms with Gasteiger partial charge in [0.25, 0.3) is 0 Å². The molecule has 1 aromatic carbocycles. The molecule has 0 radical (unpaired) electrons. The third kappa shape index (κ3) is 3.13. The summed E-state index contributed by atoms with van der Waals surface area (Å²) < 4.78 is 1.81. The van der Waals surface area contributed by atoms with Crippen LogP contribution in [0.25, 0.3) is 10.6 Å². The first-order valence-electron chi connectivity index (χ1n) is 6.88. The molecule has 0 saturated heterocycles. The SMILES string of the molecule is Cc1cccc(CNc2nc(C)c(-c3ccn(C)n3)s2)c1. The first-order valence-corrected chi connectivity index (χ1v) is 7.70. The average molecular weight is 298 g/mol. The number of benzene rings is 1. The van der Waals surface area contributed by atoms with E-state index in [1.807, 2.05) is 30.9 Å². The van der Waals surface area contributed by atoms with Crippen LogP contribution >= 0.6 is 11.3 Å². The van der Waals surface area contributed by atoms with E-state index in [1.165, 1.54) is 11.1 Å². The van der Waals surface area contributed by atoms with Crippen LogP contribution in [-0.2, 0) is 13.6 Å². The maximum atomic E-state index is 4.59. The Kier molecular flexibility index (Phi) is 3.75. The summed E-state index contributed by atoms with van der Waals surface area (Å²) in [5.41, 5.74) is 4.54. The lowest BCUT2D eigenvalue weighted by molar-refractivity contribution is 0.771. The summed E-state index contributed by atoms with van der Waals surface area (Å²) >= 11 is 1.65. The molecule has 5 heteroatoms. The van der Waals surface area contributed by atoms with Crippen molar-refractivity contribution < 1.29 is 0 Å². The lowest BCUT2D eigenvalue weighted by Crippen LogP contribution is -1.98. The van der Waals surface area contributed by atoms with Crippen molar-refractivity contribution in [3.8, 4) is 10.6 Å². The molecule has 0 aliphatic carbocycles. The third-order valence-corrected chi connectivity index (χ3v) is 4.41. The summed E-state index contributed by atoms with van der Waals surface area (Å²) in [7, 11) is 1.93. The maximum absolute atomic E-state index is 4.59. The van der Waals surface area contributed by atoms with Gasteiger partial charge in [-0.15, -0.1) is 0 Å². The Morgan fingerprint density at radius 2 is 2.10 bits per heavy atom. The maximum Gasteiger partial charge on any atom is 0.183 e. The summed E-state index contributed by atoms with van der Waals surface area (Å²) in [5, 5.41) is 8.78. The number of nitrogens with one attached hydrogen (secondary N) is 1. The molecular formula is C16H18N4S. The van der Waals surface area contributed by atoms with Crippen LogP contribution in [0.1, 0.15) is 16.8 Å². The van der Waals surface area contributed by atoms with Gasteiger partial charge in [-0.05, 0) is 25.5 Å². The highest BCUT2D eigenvalue weighted by atomic mass is 32.1. The number of thiazole rings is 1. The summed E-state index contributed by atoms with van der Waals surface area (Å²) in [5.74, 6) is 0. The van der Waals surface area contributed by atoms with Crippen molar-refractivity contribution in [2.24, 2.45) is 7.05 Å². The second kappa shape index (κ2) is 5.69. The predicted octanol–water partition coefficient (Wildman–Crippen LogP) is 3.77. The fraction of sp³-hybridized carbons (Fsp3) is 0.250. The molecule has 0 unspecified atom stereocenters. The number of aryl methyl sites for hydroxylation is 3. The molecule has 0 aliphatic heterocycles. The summed E-state index contributed by atoms with van der Waals surface area (Å²) in [6, 6.07) is 10.5. The highest BCUT2D eigenvalue weighted by Crippen LogP contribution is 2.31. The van der Waals surface area contributed by atoms with Gasteiger partial charge < -0.3 is 5.32 Å². The monoisotopic (exact) mass is 298 g/mol. The van der Waals surface area contributed by atoms with Gasteiger partial charge in [-0.2, -0.15) is 5.10 Å². The normalized spacial score (nSPS) is 10.8. The Hall–Kier alpha value is -2.14. The smallest absolute Gasteiger partial charge is 0.183 e. The van der Waals surface area contributed by atoms with E-state index >= 15 is 0 Å². The largest absolute Gasteiger partial charge is 0.357 e. The molecule has 4 nitrogen and oxygen atoms in total. The van der Waals surface area contributed by atoms with Crippen LogP contribution in [0.2, 0.25) is 0 Å². The molecule has 1 N–H and O–H groups in total. The molecule has 0 fully saturated rings. The van der Waals surface area contributed by atoms with E-state index in [2.05, 4.69) is 46.6 Å². The first kappa shape index (κ1) is 13.8. The Morgan fingerprint density at radius 1 is 1.24 bits per heavy atom. The molecule has 3 aromatic rings. The Bertz CT molecular complexity index is 757. The Labute approximate surface area is 128 Å². The molecule has 0 atom stereocenters. The van der Waals surface area contributed by atoms with Crippen molar-refractivity contribution in [1.82, 2.24) is 14.8 Å². The second-order valence-corrected chi connectivity index (χ2v) is 6.15. The zero-order valence-corrected chi connectivity index (χ0v) is 13.2. The molecule has 0 spiro atoms. The second-order valence-electron chi connectivity index (χ2n) is 5.15. The fourth-order valence-corrected chi connectivity index (χ4v) is 3.17. The molecule has 0 amide bonds. The number of anilines is 1. The lowest BCUT2D eigenvalue weighted by Gasteiger charge is -2.03. The third-order valence-electron chi connectivity index (χ3n) is 3.27. The van der Waals surface area contributed by atoms with Crippen molar-refractivity contribution in [2.75, 3.05) is 5.32 Å². The van der Waals surface area contributed by atoms with E-state index in [0.29, 0.717) is 0 Å². The first-order chi connectivity index (χ1) is 10.1. The van der Waals surface area contributed by atoms with E-state index in [4.69, 9.17) is 0 Å². The van der Waals surface area contributed by atoms with Gasteiger partial charge in [-0.1, -0.05) is 41.2 Å². The molecule has 2 heterocycles. The summed E-state index contributed by atoms with van der Waals surface area (Å²) in [6.07, 6.45) is 1.95. The lowest BCUT2D eigenvalue weighted by atomic mass is 10.1. The van der Waals surface area contributed by atoms with E-state index < -0.39 is 0 Å². The molecule has 0 bridgehead atoms. The van der Waals surface area contributed by atoms with Gasteiger partial charge in [0.05, 0.1) is 10.6 Å². The van der Waals surface area contributed by atoms with Crippen LogP contribution in [0.5, 0.6) is 0 Å². The minimum atomic E-state index is 0.788. The van der Waals surface area contributed by atoms with Gasteiger partial charge in [0.2, 0.25) is 0 Å². The van der Waals surface area contributed by atoms with Crippen LogP contribution in [0.15, 0.2) is 36.5 Å². The molecule has 108 valence electrons. The van der Waals surface area contributed by atoms with Gasteiger partial charge in [-0.25, -0.2) is 4.98 Å². The fourth-order valence-electron chi connectivity index (χ4n) is 2.25. The van der Waals surface area contributed by atoms with E-state index in [9.17, 15) is 0 Å². The quantitative estimate of drug-likeness (QED) is 0.797. The summed E-state index contributed by atoms with van der Waals surface area (Å²) in [4.78, 5) is 5.72. The molecule has 21 heavy (non-hydrogen) atoms. The highest BCUT2D eigenvalue weighted by molar-refractivity contribution is 7.19. The average Bonchev–Trinajstić information content (AvgIpc) is 3.02.